The van der Waals surface area contributed by atoms with Crippen LogP contribution >= 0.6 is 11.8 Å². The molecule has 168 valence electrons. The zero-order valence-electron chi connectivity index (χ0n) is 18.3. The van der Waals surface area contributed by atoms with E-state index in [0.29, 0.717) is 12.2 Å². The van der Waals surface area contributed by atoms with Gasteiger partial charge in [0.15, 0.2) is 0 Å². The topological polar surface area (TPSA) is 66.5 Å². The second-order valence-electron chi connectivity index (χ2n) is 7.55. The summed E-state index contributed by atoms with van der Waals surface area (Å²) in [5, 5.41) is 2.85. The van der Waals surface area contributed by atoms with Gasteiger partial charge in [-0.3, -0.25) is 9.10 Å². The second-order valence-corrected chi connectivity index (χ2v) is 10.5. The fraction of sp³-hybridized carbons (Fsp3) is 0.240. The van der Waals surface area contributed by atoms with Gasteiger partial charge in [0, 0.05) is 18.1 Å². The van der Waals surface area contributed by atoms with E-state index in [2.05, 4.69) is 36.5 Å². The van der Waals surface area contributed by atoms with Gasteiger partial charge in [-0.1, -0.05) is 65.7 Å². The maximum atomic E-state index is 13.3. The van der Waals surface area contributed by atoms with E-state index in [9.17, 15) is 13.2 Å². The predicted octanol–water partition coefficient (Wildman–Crippen LogP) is 4.55. The van der Waals surface area contributed by atoms with Gasteiger partial charge in [-0.2, -0.15) is 11.8 Å². The largest absolute Gasteiger partial charge is 0.354 e. The Kier molecular flexibility index (Phi) is 8.36. The van der Waals surface area contributed by atoms with E-state index in [1.807, 2.05) is 13.0 Å². The van der Waals surface area contributed by atoms with Crippen LogP contribution in [0.25, 0.3) is 0 Å². The zero-order valence-corrected chi connectivity index (χ0v) is 20.0. The molecule has 0 atom stereocenters. The molecule has 1 amide bonds. The Bertz CT molecular complexity index is 1110. The highest BCUT2D eigenvalue weighted by atomic mass is 32.2. The molecule has 1 N–H and O–H groups in total. The quantitative estimate of drug-likeness (QED) is 0.444. The van der Waals surface area contributed by atoms with Crippen LogP contribution < -0.4 is 9.62 Å². The number of nitrogens with zero attached hydrogens (tertiary/aromatic N) is 1. The minimum Gasteiger partial charge on any atom is -0.354 e. The van der Waals surface area contributed by atoms with E-state index >= 15 is 0 Å². The third kappa shape index (κ3) is 6.61. The summed E-state index contributed by atoms with van der Waals surface area (Å²) in [7, 11) is -3.87. The van der Waals surface area contributed by atoms with Crippen LogP contribution in [0.3, 0.4) is 0 Å². The number of hydrogen-bond acceptors (Lipinski definition) is 4. The maximum absolute atomic E-state index is 13.3. The number of nitrogens with one attached hydrogen (secondary N) is 1. The van der Waals surface area contributed by atoms with E-state index in [1.54, 1.807) is 60.3 Å². The first-order valence-electron chi connectivity index (χ1n) is 10.4. The molecular formula is C25H28N2O3S2. The molecule has 7 heteroatoms. The molecule has 0 unspecified atom stereocenters. The van der Waals surface area contributed by atoms with Crippen LogP contribution in [0.5, 0.6) is 0 Å². The Morgan fingerprint density at radius 1 is 0.875 bits per heavy atom. The number of thioether (sulfide) groups is 1. The number of carbonyl (C=O) groups excluding carboxylic acids is 1. The minimum atomic E-state index is -3.87. The number of rotatable bonds is 10. The van der Waals surface area contributed by atoms with Gasteiger partial charge >= 0.3 is 0 Å². The zero-order chi connectivity index (χ0) is 23.0. The Morgan fingerprint density at radius 2 is 1.47 bits per heavy atom. The number of carbonyl (C=O) groups is 1. The Hall–Kier alpha value is -2.77. The molecule has 0 spiro atoms. The fourth-order valence-electron chi connectivity index (χ4n) is 3.07. The van der Waals surface area contributed by atoms with E-state index in [4.69, 9.17) is 0 Å². The van der Waals surface area contributed by atoms with E-state index in [0.717, 1.165) is 21.4 Å². The first-order valence-corrected chi connectivity index (χ1v) is 13.0. The molecule has 0 radical (unpaired) electrons. The summed E-state index contributed by atoms with van der Waals surface area (Å²) in [5.41, 5.74) is 3.90. The first-order chi connectivity index (χ1) is 15.4. The van der Waals surface area contributed by atoms with Crippen molar-refractivity contribution in [1.82, 2.24) is 5.32 Å². The van der Waals surface area contributed by atoms with Crippen molar-refractivity contribution in [1.29, 1.82) is 0 Å². The number of hydrogen-bond donors (Lipinski definition) is 1. The Morgan fingerprint density at radius 3 is 2.09 bits per heavy atom. The number of anilines is 1. The average Bonchev–Trinajstić information content (AvgIpc) is 2.79. The standard InChI is InChI=1S/C25H28N2O3S2/c1-20-8-12-22(13-9-20)19-31-17-16-26-25(28)18-27(23-6-4-3-5-7-23)32(29,30)24-14-10-21(2)11-15-24/h3-15H,16-19H2,1-2H3,(H,26,28). The van der Waals surface area contributed by atoms with Crippen molar-refractivity contribution in [3.63, 3.8) is 0 Å². The molecule has 0 aromatic heterocycles. The third-order valence-electron chi connectivity index (χ3n) is 4.90. The molecule has 0 aliphatic rings. The molecule has 0 aliphatic carbocycles. The van der Waals surface area contributed by atoms with Crippen LogP contribution in [0.2, 0.25) is 0 Å². The van der Waals surface area contributed by atoms with Gasteiger partial charge < -0.3 is 5.32 Å². The van der Waals surface area contributed by atoms with Gasteiger partial charge in [0.1, 0.15) is 6.54 Å². The van der Waals surface area contributed by atoms with Crippen molar-refractivity contribution in [2.75, 3.05) is 23.1 Å². The Balaban J connectivity index is 1.60. The second kappa shape index (κ2) is 11.2. The van der Waals surface area contributed by atoms with E-state index in [1.165, 1.54) is 11.1 Å². The number of benzene rings is 3. The lowest BCUT2D eigenvalue weighted by Crippen LogP contribution is -2.41. The van der Waals surface area contributed by atoms with Crippen LogP contribution in [0.15, 0.2) is 83.8 Å². The number of para-hydroxylation sites is 1. The molecule has 0 bridgehead atoms. The van der Waals surface area contributed by atoms with Crippen molar-refractivity contribution < 1.29 is 13.2 Å². The van der Waals surface area contributed by atoms with Gasteiger partial charge in [0.25, 0.3) is 10.0 Å². The third-order valence-corrected chi connectivity index (χ3v) is 7.72. The van der Waals surface area contributed by atoms with Crippen molar-refractivity contribution >= 4 is 33.4 Å². The monoisotopic (exact) mass is 468 g/mol. The molecule has 3 aromatic carbocycles. The highest BCUT2D eigenvalue weighted by Crippen LogP contribution is 2.23. The minimum absolute atomic E-state index is 0.161. The molecule has 0 saturated heterocycles. The van der Waals surface area contributed by atoms with Gasteiger partial charge in [-0.05, 0) is 43.7 Å². The van der Waals surface area contributed by atoms with Gasteiger partial charge in [-0.25, -0.2) is 8.42 Å². The molecule has 0 saturated carbocycles. The van der Waals surface area contributed by atoms with Crippen molar-refractivity contribution in [3.05, 3.63) is 95.6 Å². The molecule has 3 rings (SSSR count). The number of aryl methyl sites for hydroxylation is 2. The van der Waals surface area contributed by atoms with E-state index < -0.39 is 10.0 Å². The molecule has 0 fully saturated rings. The molecule has 0 aliphatic heterocycles. The van der Waals surface area contributed by atoms with Crippen molar-refractivity contribution in [3.8, 4) is 0 Å². The highest BCUT2D eigenvalue weighted by Gasteiger charge is 2.26. The Labute approximate surface area is 194 Å². The normalized spacial score (nSPS) is 11.2. The lowest BCUT2D eigenvalue weighted by molar-refractivity contribution is -0.119. The van der Waals surface area contributed by atoms with Crippen LogP contribution in [-0.2, 0) is 20.6 Å². The summed E-state index contributed by atoms with van der Waals surface area (Å²) < 4.78 is 27.7. The van der Waals surface area contributed by atoms with Crippen molar-refractivity contribution in [2.45, 2.75) is 24.5 Å². The lowest BCUT2D eigenvalue weighted by atomic mass is 10.2. The number of amides is 1. The van der Waals surface area contributed by atoms with Crippen molar-refractivity contribution in [2.24, 2.45) is 0 Å². The van der Waals surface area contributed by atoms with Gasteiger partial charge in [0.2, 0.25) is 5.91 Å². The predicted molar refractivity (Wildman–Crippen MR) is 133 cm³/mol. The summed E-state index contributed by atoms with van der Waals surface area (Å²) in [6.45, 7) is 4.16. The summed E-state index contributed by atoms with van der Waals surface area (Å²) >= 11 is 1.73. The SMILES string of the molecule is Cc1ccc(CSCCNC(=O)CN(c2ccccc2)S(=O)(=O)c2ccc(C)cc2)cc1. The summed E-state index contributed by atoms with van der Waals surface area (Å²) in [6.07, 6.45) is 0. The van der Waals surface area contributed by atoms with Gasteiger partial charge in [0.05, 0.1) is 10.6 Å². The molecular weight excluding hydrogens is 440 g/mol. The molecule has 0 heterocycles. The molecule has 5 nitrogen and oxygen atoms in total. The van der Waals surface area contributed by atoms with Crippen LogP contribution in [-0.4, -0.2) is 33.2 Å². The van der Waals surface area contributed by atoms with Crippen LogP contribution in [0.4, 0.5) is 5.69 Å². The molecule has 3 aromatic rings. The average molecular weight is 469 g/mol. The maximum Gasteiger partial charge on any atom is 0.264 e. The van der Waals surface area contributed by atoms with Crippen LogP contribution in [0, 0.1) is 13.8 Å². The summed E-state index contributed by atoms with van der Waals surface area (Å²) in [4.78, 5) is 12.8. The van der Waals surface area contributed by atoms with E-state index in [-0.39, 0.29) is 17.3 Å². The fourth-order valence-corrected chi connectivity index (χ4v) is 5.31. The summed E-state index contributed by atoms with van der Waals surface area (Å²) in [5.74, 6) is 1.28. The summed E-state index contributed by atoms with van der Waals surface area (Å²) in [6, 6.07) is 23.7. The smallest absolute Gasteiger partial charge is 0.264 e. The first kappa shape index (κ1) is 23.9. The highest BCUT2D eigenvalue weighted by molar-refractivity contribution is 7.98. The van der Waals surface area contributed by atoms with Gasteiger partial charge in [-0.15, -0.1) is 0 Å². The molecule has 32 heavy (non-hydrogen) atoms. The number of sulfonamides is 1. The van der Waals surface area contributed by atoms with Crippen LogP contribution in [0.1, 0.15) is 16.7 Å². The lowest BCUT2D eigenvalue weighted by Gasteiger charge is -2.24.